The van der Waals surface area contributed by atoms with E-state index in [-0.39, 0.29) is 5.91 Å². The first-order chi connectivity index (χ1) is 11.1. The summed E-state index contributed by atoms with van der Waals surface area (Å²) in [6.07, 6.45) is 0. The molecule has 1 saturated heterocycles. The third-order valence-corrected chi connectivity index (χ3v) is 5.05. The minimum absolute atomic E-state index is 0.0673. The van der Waals surface area contributed by atoms with Crippen molar-refractivity contribution >= 4 is 39.9 Å². The largest absolute Gasteiger partial charge is 0.369 e. The summed E-state index contributed by atoms with van der Waals surface area (Å²) in [5.74, 6) is -0.0673. The number of hydrogen-bond donors (Lipinski definition) is 1. The number of anilines is 2. The van der Waals surface area contributed by atoms with E-state index in [4.69, 9.17) is 0 Å². The first kappa shape index (κ1) is 16.3. The fourth-order valence-corrected chi connectivity index (χ4v) is 3.30. The maximum Gasteiger partial charge on any atom is 0.256 e. The Morgan fingerprint density at radius 3 is 2.30 bits per heavy atom. The number of halogens is 1. The highest BCUT2D eigenvalue weighted by Gasteiger charge is 2.14. The lowest BCUT2D eigenvalue weighted by Gasteiger charge is -2.34. The Kier molecular flexibility index (Phi) is 5.17. The second-order valence-corrected chi connectivity index (χ2v) is 6.93. The van der Waals surface area contributed by atoms with E-state index in [1.54, 1.807) is 0 Å². The number of nitrogens with one attached hydrogen (secondary N) is 1. The molecule has 0 radical (unpaired) electrons. The van der Waals surface area contributed by atoms with E-state index in [2.05, 4.69) is 56.9 Å². The number of likely N-dealkylation sites (N-methyl/N-ethyl adjacent to an activating group) is 1. The third kappa shape index (κ3) is 4.03. The van der Waals surface area contributed by atoms with Gasteiger partial charge in [-0.15, -0.1) is 0 Å². The zero-order valence-corrected chi connectivity index (χ0v) is 15.3. The Hall–Kier alpha value is -1.60. The molecule has 3 rings (SSSR count). The number of hydrogen-bond acceptors (Lipinski definition) is 3. The number of piperazine rings is 1. The van der Waals surface area contributed by atoms with Gasteiger partial charge in [-0.25, -0.2) is 0 Å². The molecule has 2 aromatic rings. The Bertz CT molecular complexity index is 679. The van der Waals surface area contributed by atoms with E-state index in [9.17, 15) is 4.79 Å². The molecule has 1 aliphatic heterocycles. The number of nitrogens with zero attached hydrogens (tertiary/aromatic N) is 2. The lowest BCUT2D eigenvalue weighted by Crippen LogP contribution is -2.44. The van der Waals surface area contributed by atoms with Gasteiger partial charge in [0.2, 0.25) is 0 Å². The van der Waals surface area contributed by atoms with Crippen LogP contribution in [0.5, 0.6) is 0 Å². The smallest absolute Gasteiger partial charge is 0.256 e. The Labute approximate surface area is 150 Å². The molecule has 0 aliphatic carbocycles. The molecular formula is C18H20IN3O. The number of rotatable bonds is 3. The van der Waals surface area contributed by atoms with Crippen molar-refractivity contribution in [1.82, 2.24) is 4.90 Å². The molecule has 1 N–H and O–H groups in total. The lowest BCUT2D eigenvalue weighted by atomic mass is 10.2. The van der Waals surface area contributed by atoms with Crippen LogP contribution in [-0.2, 0) is 0 Å². The molecule has 2 aromatic carbocycles. The van der Waals surface area contributed by atoms with Gasteiger partial charge in [-0.05, 0) is 66.0 Å². The van der Waals surface area contributed by atoms with E-state index >= 15 is 0 Å². The molecule has 120 valence electrons. The van der Waals surface area contributed by atoms with Gasteiger partial charge < -0.3 is 15.1 Å². The minimum Gasteiger partial charge on any atom is -0.369 e. The second kappa shape index (κ2) is 7.31. The summed E-state index contributed by atoms with van der Waals surface area (Å²) in [5, 5.41) is 2.97. The van der Waals surface area contributed by atoms with Crippen LogP contribution in [0.3, 0.4) is 0 Å². The van der Waals surface area contributed by atoms with Crippen LogP contribution in [-0.4, -0.2) is 44.0 Å². The summed E-state index contributed by atoms with van der Waals surface area (Å²) in [4.78, 5) is 17.0. The average Bonchev–Trinajstić information content (AvgIpc) is 2.57. The topological polar surface area (TPSA) is 35.6 Å². The quantitative estimate of drug-likeness (QED) is 0.773. The molecule has 0 saturated carbocycles. The summed E-state index contributed by atoms with van der Waals surface area (Å²) < 4.78 is 0.955. The molecule has 1 heterocycles. The van der Waals surface area contributed by atoms with E-state index < -0.39 is 0 Å². The Morgan fingerprint density at radius 2 is 1.65 bits per heavy atom. The molecule has 0 unspecified atom stereocenters. The summed E-state index contributed by atoms with van der Waals surface area (Å²) in [5.41, 5.74) is 2.74. The van der Waals surface area contributed by atoms with E-state index in [0.29, 0.717) is 5.56 Å². The van der Waals surface area contributed by atoms with Crippen molar-refractivity contribution in [2.24, 2.45) is 0 Å². The highest BCUT2D eigenvalue weighted by Crippen LogP contribution is 2.20. The van der Waals surface area contributed by atoms with Crippen LogP contribution in [0, 0.1) is 3.57 Å². The van der Waals surface area contributed by atoms with Gasteiger partial charge in [0.25, 0.3) is 5.91 Å². The summed E-state index contributed by atoms with van der Waals surface area (Å²) >= 11 is 2.18. The lowest BCUT2D eigenvalue weighted by molar-refractivity contribution is 0.102. The van der Waals surface area contributed by atoms with Crippen LogP contribution in [0.25, 0.3) is 0 Å². The van der Waals surface area contributed by atoms with Gasteiger partial charge >= 0.3 is 0 Å². The number of amides is 1. The van der Waals surface area contributed by atoms with Gasteiger partial charge in [-0.2, -0.15) is 0 Å². The number of carbonyl (C=O) groups is 1. The Balaban J connectivity index is 1.66. The molecular weight excluding hydrogens is 401 g/mol. The second-order valence-electron chi connectivity index (χ2n) is 5.77. The normalized spacial score (nSPS) is 15.5. The minimum atomic E-state index is -0.0673. The standard InChI is InChI=1S/C18H20IN3O/c1-21-10-12-22(13-11-21)15-8-6-14(7-9-15)20-18(23)16-4-2-3-5-17(16)19/h2-9H,10-13H2,1H3,(H,20,23). The SMILES string of the molecule is CN1CCN(c2ccc(NC(=O)c3ccccc3I)cc2)CC1. The molecule has 1 aliphatic rings. The molecule has 5 heteroatoms. The zero-order valence-electron chi connectivity index (χ0n) is 13.1. The van der Waals surface area contributed by atoms with Gasteiger partial charge in [-0.3, -0.25) is 4.79 Å². The molecule has 0 aromatic heterocycles. The zero-order chi connectivity index (χ0) is 16.2. The van der Waals surface area contributed by atoms with Gasteiger partial charge in [0.15, 0.2) is 0 Å². The van der Waals surface area contributed by atoms with Crippen molar-refractivity contribution in [3.63, 3.8) is 0 Å². The fraction of sp³-hybridized carbons (Fsp3) is 0.278. The Morgan fingerprint density at radius 1 is 1.00 bits per heavy atom. The molecule has 0 atom stereocenters. The van der Waals surface area contributed by atoms with Crippen LogP contribution < -0.4 is 10.2 Å². The average molecular weight is 421 g/mol. The van der Waals surface area contributed by atoms with Crippen LogP contribution in [0.2, 0.25) is 0 Å². The van der Waals surface area contributed by atoms with Crippen molar-refractivity contribution in [2.45, 2.75) is 0 Å². The molecule has 0 bridgehead atoms. The van der Waals surface area contributed by atoms with E-state index in [1.165, 1.54) is 5.69 Å². The molecule has 1 fully saturated rings. The van der Waals surface area contributed by atoms with Crippen molar-refractivity contribution in [3.8, 4) is 0 Å². The summed E-state index contributed by atoms with van der Waals surface area (Å²) in [6, 6.07) is 15.7. The number of carbonyl (C=O) groups excluding carboxylic acids is 1. The van der Waals surface area contributed by atoms with Crippen LogP contribution in [0.4, 0.5) is 11.4 Å². The molecule has 4 nitrogen and oxygen atoms in total. The number of benzene rings is 2. The first-order valence-electron chi connectivity index (χ1n) is 7.73. The maximum absolute atomic E-state index is 12.3. The predicted octanol–water partition coefficient (Wildman–Crippen LogP) is 3.30. The first-order valence-corrected chi connectivity index (χ1v) is 8.81. The highest BCUT2D eigenvalue weighted by molar-refractivity contribution is 14.1. The maximum atomic E-state index is 12.3. The molecule has 23 heavy (non-hydrogen) atoms. The van der Waals surface area contributed by atoms with Gasteiger partial charge in [0, 0.05) is 41.1 Å². The van der Waals surface area contributed by atoms with Crippen molar-refractivity contribution in [1.29, 1.82) is 0 Å². The van der Waals surface area contributed by atoms with Crippen LogP contribution >= 0.6 is 22.6 Å². The van der Waals surface area contributed by atoms with Crippen molar-refractivity contribution < 1.29 is 4.79 Å². The van der Waals surface area contributed by atoms with Crippen LogP contribution in [0.1, 0.15) is 10.4 Å². The van der Waals surface area contributed by atoms with Gasteiger partial charge in [-0.1, -0.05) is 12.1 Å². The fourth-order valence-electron chi connectivity index (χ4n) is 2.66. The third-order valence-electron chi connectivity index (χ3n) is 4.11. The van der Waals surface area contributed by atoms with Crippen molar-refractivity contribution in [3.05, 3.63) is 57.7 Å². The molecule has 1 amide bonds. The summed E-state index contributed by atoms with van der Waals surface area (Å²) in [7, 11) is 2.15. The van der Waals surface area contributed by atoms with Gasteiger partial charge in [0.1, 0.15) is 0 Å². The van der Waals surface area contributed by atoms with Crippen LogP contribution in [0.15, 0.2) is 48.5 Å². The van der Waals surface area contributed by atoms with Crippen molar-refractivity contribution in [2.75, 3.05) is 43.4 Å². The predicted molar refractivity (Wildman–Crippen MR) is 103 cm³/mol. The molecule has 0 spiro atoms. The van der Waals surface area contributed by atoms with E-state index in [0.717, 1.165) is 35.4 Å². The summed E-state index contributed by atoms with van der Waals surface area (Å²) in [6.45, 7) is 4.27. The highest BCUT2D eigenvalue weighted by atomic mass is 127. The monoisotopic (exact) mass is 421 g/mol. The van der Waals surface area contributed by atoms with E-state index in [1.807, 2.05) is 36.4 Å². The van der Waals surface area contributed by atoms with Gasteiger partial charge in [0.05, 0.1) is 5.56 Å².